The van der Waals surface area contributed by atoms with Gasteiger partial charge in [-0.1, -0.05) is 11.6 Å². The number of hydrogen-bond donors (Lipinski definition) is 1. The standard InChI is InChI=1S/C21H23ClN6O3S/c1-26-5-4-18-15(13-26)12-23-20(25-18)21(29)27-6-8-28(9-7-27)32(30,31)19-11-14-10-16(22)2-3-17(14)24-19/h2-3,10-12,24H,4-9,13H2,1H3. The van der Waals surface area contributed by atoms with E-state index in [9.17, 15) is 13.2 Å². The van der Waals surface area contributed by atoms with Gasteiger partial charge in [0.15, 0.2) is 0 Å². The lowest BCUT2D eigenvalue weighted by Gasteiger charge is -2.33. The Hall–Kier alpha value is -2.53. The number of H-pyrrole nitrogens is 1. The van der Waals surface area contributed by atoms with Crippen LogP contribution in [0.2, 0.25) is 5.02 Å². The third kappa shape index (κ3) is 3.88. The summed E-state index contributed by atoms with van der Waals surface area (Å²) in [6.07, 6.45) is 2.52. The van der Waals surface area contributed by atoms with Crippen molar-refractivity contribution in [2.75, 3.05) is 39.8 Å². The number of nitrogens with one attached hydrogen (secondary N) is 1. The van der Waals surface area contributed by atoms with Crippen LogP contribution >= 0.6 is 11.6 Å². The number of rotatable bonds is 3. The lowest BCUT2D eigenvalue weighted by atomic mass is 10.1. The lowest BCUT2D eigenvalue weighted by molar-refractivity contribution is 0.0684. The highest BCUT2D eigenvalue weighted by molar-refractivity contribution is 7.89. The molecule has 1 saturated heterocycles. The van der Waals surface area contributed by atoms with Crippen molar-refractivity contribution in [2.45, 2.75) is 18.0 Å². The summed E-state index contributed by atoms with van der Waals surface area (Å²) in [5.74, 6) is -0.0823. The van der Waals surface area contributed by atoms with Crippen LogP contribution < -0.4 is 0 Å². The molecule has 2 aromatic heterocycles. The fraction of sp³-hybridized carbons (Fsp3) is 0.381. The van der Waals surface area contributed by atoms with Crippen LogP contribution in [0.5, 0.6) is 0 Å². The molecule has 11 heteroatoms. The second kappa shape index (κ2) is 8.11. The molecule has 32 heavy (non-hydrogen) atoms. The molecule has 1 aromatic carbocycles. The molecule has 168 valence electrons. The summed E-state index contributed by atoms with van der Waals surface area (Å²) in [5, 5.41) is 1.40. The van der Waals surface area contributed by atoms with E-state index in [0.29, 0.717) is 10.5 Å². The minimum atomic E-state index is -3.71. The summed E-state index contributed by atoms with van der Waals surface area (Å²) in [5.41, 5.74) is 2.67. The number of aromatic nitrogens is 3. The van der Waals surface area contributed by atoms with Gasteiger partial charge in [0.1, 0.15) is 5.03 Å². The smallest absolute Gasteiger partial charge is 0.291 e. The molecule has 9 nitrogen and oxygen atoms in total. The zero-order chi connectivity index (χ0) is 22.5. The van der Waals surface area contributed by atoms with Gasteiger partial charge in [-0.15, -0.1) is 0 Å². The molecule has 0 spiro atoms. The molecule has 5 rings (SSSR count). The molecule has 1 amide bonds. The molecule has 3 aromatic rings. The zero-order valence-corrected chi connectivity index (χ0v) is 19.2. The number of nitrogens with zero attached hydrogens (tertiary/aromatic N) is 5. The van der Waals surface area contributed by atoms with Gasteiger partial charge < -0.3 is 14.8 Å². The summed E-state index contributed by atoms with van der Waals surface area (Å²) in [6.45, 7) is 2.66. The number of carbonyl (C=O) groups excluding carboxylic acids is 1. The molecule has 0 atom stereocenters. The van der Waals surface area contributed by atoms with Crippen molar-refractivity contribution in [1.29, 1.82) is 0 Å². The van der Waals surface area contributed by atoms with E-state index in [2.05, 4.69) is 19.9 Å². The van der Waals surface area contributed by atoms with Gasteiger partial charge in [0.05, 0.1) is 5.69 Å². The number of aromatic amines is 1. The van der Waals surface area contributed by atoms with Crippen LogP contribution in [0.15, 0.2) is 35.5 Å². The van der Waals surface area contributed by atoms with Crippen molar-refractivity contribution in [3.63, 3.8) is 0 Å². The number of piperazine rings is 1. The maximum absolute atomic E-state index is 13.1. The fourth-order valence-corrected chi connectivity index (χ4v) is 5.81. The highest BCUT2D eigenvalue weighted by Gasteiger charge is 2.32. The predicted molar refractivity (Wildman–Crippen MR) is 120 cm³/mol. The van der Waals surface area contributed by atoms with E-state index in [-0.39, 0.29) is 42.9 Å². The van der Waals surface area contributed by atoms with Crippen LogP contribution in [0.4, 0.5) is 0 Å². The average molecular weight is 475 g/mol. The summed E-state index contributed by atoms with van der Waals surface area (Å²) in [6, 6.07) is 6.78. The van der Waals surface area contributed by atoms with Gasteiger partial charge in [-0.2, -0.15) is 4.31 Å². The number of fused-ring (bicyclic) bond motifs is 2. The van der Waals surface area contributed by atoms with Crippen LogP contribution in [0.25, 0.3) is 10.9 Å². The van der Waals surface area contributed by atoms with Crippen LogP contribution in [0, 0.1) is 0 Å². The molecular weight excluding hydrogens is 452 g/mol. The molecule has 1 fully saturated rings. The Labute approximate surface area is 191 Å². The fourth-order valence-electron chi connectivity index (χ4n) is 4.19. The van der Waals surface area contributed by atoms with Crippen LogP contribution in [-0.4, -0.2) is 83.2 Å². The lowest BCUT2D eigenvalue weighted by Crippen LogP contribution is -2.50. The third-order valence-corrected chi connectivity index (χ3v) is 8.07. The second-order valence-electron chi connectivity index (χ2n) is 8.21. The first-order valence-electron chi connectivity index (χ1n) is 10.4. The van der Waals surface area contributed by atoms with E-state index < -0.39 is 10.0 Å². The van der Waals surface area contributed by atoms with Gasteiger partial charge in [0.2, 0.25) is 5.82 Å². The number of sulfonamides is 1. The minimum Gasteiger partial charge on any atom is -0.345 e. The topological polar surface area (TPSA) is 103 Å². The van der Waals surface area contributed by atoms with Crippen LogP contribution in [0.1, 0.15) is 21.9 Å². The Morgan fingerprint density at radius 2 is 1.91 bits per heavy atom. The molecule has 0 saturated carbocycles. The number of halogens is 1. The Morgan fingerprint density at radius 1 is 1.12 bits per heavy atom. The SMILES string of the molecule is CN1CCc2nc(C(=O)N3CCN(S(=O)(=O)c4cc5cc(Cl)ccc5[nH]4)CC3)ncc2C1. The molecule has 1 N–H and O–H groups in total. The van der Waals surface area contributed by atoms with E-state index >= 15 is 0 Å². The van der Waals surface area contributed by atoms with Gasteiger partial charge in [-0.05, 0) is 31.3 Å². The van der Waals surface area contributed by atoms with Crippen LogP contribution in [0.3, 0.4) is 0 Å². The third-order valence-electron chi connectivity index (χ3n) is 6.02. The van der Waals surface area contributed by atoms with Crippen molar-refractivity contribution >= 4 is 38.4 Å². The number of amides is 1. The molecule has 0 bridgehead atoms. The molecule has 2 aliphatic rings. The first-order chi connectivity index (χ1) is 15.3. The molecule has 0 unspecified atom stereocenters. The quantitative estimate of drug-likeness (QED) is 0.620. The molecular formula is C21H23ClN6O3S. The van der Waals surface area contributed by atoms with E-state index in [4.69, 9.17) is 11.6 Å². The van der Waals surface area contributed by atoms with Gasteiger partial charge in [-0.3, -0.25) is 4.79 Å². The second-order valence-corrected chi connectivity index (χ2v) is 10.6. The Bertz CT molecular complexity index is 1300. The van der Waals surface area contributed by atoms with E-state index in [0.717, 1.165) is 36.2 Å². The monoisotopic (exact) mass is 474 g/mol. The number of carbonyl (C=O) groups is 1. The zero-order valence-electron chi connectivity index (χ0n) is 17.6. The highest BCUT2D eigenvalue weighted by Crippen LogP contribution is 2.25. The molecule has 2 aliphatic heterocycles. The van der Waals surface area contributed by atoms with Crippen molar-refractivity contribution in [3.8, 4) is 0 Å². The first-order valence-corrected chi connectivity index (χ1v) is 12.2. The average Bonchev–Trinajstić information content (AvgIpc) is 3.22. The van der Waals surface area contributed by atoms with Crippen LogP contribution in [-0.2, 0) is 23.0 Å². The maximum Gasteiger partial charge on any atom is 0.291 e. The van der Waals surface area contributed by atoms with Gasteiger partial charge in [0, 0.05) is 73.4 Å². The molecule has 4 heterocycles. The number of likely N-dealkylation sites (N-methyl/N-ethyl adjacent to an activating group) is 1. The van der Waals surface area contributed by atoms with Gasteiger partial charge in [-0.25, -0.2) is 18.4 Å². The van der Waals surface area contributed by atoms with Crippen molar-refractivity contribution in [2.24, 2.45) is 0 Å². The Kier molecular flexibility index (Phi) is 5.40. The Morgan fingerprint density at radius 3 is 2.69 bits per heavy atom. The predicted octanol–water partition coefficient (Wildman–Crippen LogP) is 1.75. The number of benzene rings is 1. The largest absolute Gasteiger partial charge is 0.345 e. The molecule has 0 radical (unpaired) electrons. The summed E-state index contributed by atoms with van der Waals surface area (Å²) < 4.78 is 27.6. The van der Waals surface area contributed by atoms with E-state index in [1.807, 2.05) is 7.05 Å². The van der Waals surface area contributed by atoms with Crippen molar-refractivity contribution in [1.82, 2.24) is 29.1 Å². The maximum atomic E-state index is 13.1. The van der Waals surface area contributed by atoms with E-state index in [1.54, 1.807) is 35.4 Å². The first kappa shape index (κ1) is 21.3. The van der Waals surface area contributed by atoms with Crippen molar-refractivity contribution in [3.05, 3.63) is 52.6 Å². The van der Waals surface area contributed by atoms with Crippen molar-refractivity contribution < 1.29 is 13.2 Å². The normalized spacial score (nSPS) is 18.1. The summed E-state index contributed by atoms with van der Waals surface area (Å²) >= 11 is 6.01. The summed E-state index contributed by atoms with van der Waals surface area (Å²) in [7, 11) is -1.66. The van der Waals surface area contributed by atoms with E-state index in [1.165, 1.54) is 4.31 Å². The molecule has 0 aliphatic carbocycles. The Balaban J connectivity index is 1.28. The highest BCUT2D eigenvalue weighted by atomic mass is 35.5. The van der Waals surface area contributed by atoms with Gasteiger partial charge in [0.25, 0.3) is 15.9 Å². The minimum absolute atomic E-state index is 0.123. The summed E-state index contributed by atoms with van der Waals surface area (Å²) in [4.78, 5) is 28.5. The number of hydrogen-bond acceptors (Lipinski definition) is 6. The van der Waals surface area contributed by atoms with Gasteiger partial charge >= 0.3 is 0 Å².